The van der Waals surface area contributed by atoms with E-state index in [9.17, 15) is 4.39 Å². The van der Waals surface area contributed by atoms with Crippen molar-refractivity contribution in [1.29, 1.82) is 5.26 Å². The molecule has 0 aromatic carbocycles. The summed E-state index contributed by atoms with van der Waals surface area (Å²) in [7, 11) is 0. The Morgan fingerprint density at radius 2 is 2.26 bits per heavy atom. The number of nitrogens with zero attached hydrogens (tertiary/aromatic N) is 4. The van der Waals surface area contributed by atoms with Gasteiger partial charge in [0.2, 0.25) is 0 Å². The van der Waals surface area contributed by atoms with E-state index in [1.165, 1.54) is 6.33 Å². The summed E-state index contributed by atoms with van der Waals surface area (Å²) >= 11 is 1.57. The molecule has 7 heteroatoms. The van der Waals surface area contributed by atoms with E-state index in [0.717, 1.165) is 17.0 Å². The molecule has 1 aliphatic rings. The number of halogens is 1. The Balaban J connectivity index is 1.52. The number of rotatable bonds is 6. The minimum absolute atomic E-state index is 0.167. The van der Waals surface area contributed by atoms with Crippen molar-refractivity contribution in [3.05, 3.63) is 46.2 Å². The van der Waals surface area contributed by atoms with E-state index in [1.807, 2.05) is 11.4 Å². The molecule has 120 valence electrons. The van der Waals surface area contributed by atoms with E-state index in [1.54, 1.807) is 23.7 Å². The van der Waals surface area contributed by atoms with Gasteiger partial charge in [-0.05, 0) is 12.5 Å². The SMILES string of the molecule is N#Cc1csc(CNC[C@@H]2C[C@H](F)CN2Cc2cncnc2)c1. The summed E-state index contributed by atoms with van der Waals surface area (Å²) in [4.78, 5) is 11.3. The Bertz CT molecular complexity index is 669. The maximum Gasteiger partial charge on any atom is 0.115 e. The van der Waals surface area contributed by atoms with Crippen molar-refractivity contribution < 1.29 is 4.39 Å². The van der Waals surface area contributed by atoms with Crippen LogP contribution in [0.15, 0.2) is 30.2 Å². The number of nitriles is 1. The number of thiophene rings is 1. The Hall–Kier alpha value is -1.88. The summed E-state index contributed by atoms with van der Waals surface area (Å²) in [5.41, 5.74) is 1.70. The third kappa shape index (κ3) is 4.32. The van der Waals surface area contributed by atoms with Gasteiger partial charge in [-0.15, -0.1) is 11.3 Å². The molecule has 1 aliphatic heterocycles. The highest BCUT2D eigenvalue weighted by Gasteiger charge is 2.31. The molecule has 1 fully saturated rings. The number of nitrogens with one attached hydrogen (secondary N) is 1. The van der Waals surface area contributed by atoms with Crippen molar-refractivity contribution in [3.63, 3.8) is 0 Å². The second kappa shape index (κ2) is 7.59. The summed E-state index contributed by atoms with van der Waals surface area (Å²) in [6.07, 6.45) is 4.82. The van der Waals surface area contributed by atoms with Crippen molar-refractivity contribution >= 4 is 11.3 Å². The zero-order valence-corrected chi connectivity index (χ0v) is 13.5. The van der Waals surface area contributed by atoms with Crippen LogP contribution in [0.1, 0.15) is 22.4 Å². The third-order valence-electron chi connectivity index (χ3n) is 3.94. The minimum Gasteiger partial charge on any atom is -0.310 e. The van der Waals surface area contributed by atoms with Gasteiger partial charge in [0.15, 0.2) is 0 Å². The summed E-state index contributed by atoms with van der Waals surface area (Å²) < 4.78 is 13.8. The van der Waals surface area contributed by atoms with Crippen LogP contribution in [0.5, 0.6) is 0 Å². The van der Waals surface area contributed by atoms with Gasteiger partial charge in [0.25, 0.3) is 0 Å². The van der Waals surface area contributed by atoms with Gasteiger partial charge in [0, 0.05) is 60.4 Å². The molecule has 2 aromatic heterocycles. The molecule has 0 radical (unpaired) electrons. The van der Waals surface area contributed by atoms with Crippen molar-refractivity contribution in [2.75, 3.05) is 13.1 Å². The van der Waals surface area contributed by atoms with Crippen LogP contribution in [0.3, 0.4) is 0 Å². The lowest BCUT2D eigenvalue weighted by Crippen LogP contribution is -2.37. The first-order chi connectivity index (χ1) is 11.2. The van der Waals surface area contributed by atoms with Crippen LogP contribution in [0.25, 0.3) is 0 Å². The summed E-state index contributed by atoms with van der Waals surface area (Å²) in [6, 6.07) is 4.19. The first-order valence-electron chi connectivity index (χ1n) is 7.55. The third-order valence-corrected chi connectivity index (χ3v) is 4.88. The number of hydrogen-bond acceptors (Lipinski definition) is 6. The van der Waals surface area contributed by atoms with Crippen molar-refractivity contribution in [2.45, 2.75) is 31.7 Å². The van der Waals surface area contributed by atoms with E-state index >= 15 is 0 Å². The normalized spacial score (nSPS) is 21.4. The van der Waals surface area contributed by atoms with Gasteiger partial charge < -0.3 is 5.32 Å². The van der Waals surface area contributed by atoms with Crippen LogP contribution in [-0.4, -0.2) is 40.2 Å². The predicted octanol–water partition coefficient (Wildman–Crippen LogP) is 2.11. The van der Waals surface area contributed by atoms with Crippen molar-refractivity contribution in [3.8, 4) is 6.07 Å². The van der Waals surface area contributed by atoms with Gasteiger partial charge in [-0.3, -0.25) is 4.90 Å². The highest BCUT2D eigenvalue weighted by atomic mass is 32.1. The average Bonchev–Trinajstić information content (AvgIpc) is 3.15. The fourth-order valence-electron chi connectivity index (χ4n) is 2.87. The molecule has 2 aromatic rings. The molecule has 0 aliphatic carbocycles. The number of aromatic nitrogens is 2. The van der Waals surface area contributed by atoms with E-state index < -0.39 is 6.17 Å². The Labute approximate surface area is 138 Å². The Kier molecular flexibility index (Phi) is 5.28. The number of hydrogen-bond donors (Lipinski definition) is 1. The van der Waals surface area contributed by atoms with E-state index in [0.29, 0.717) is 31.6 Å². The van der Waals surface area contributed by atoms with E-state index in [-0.39, 0.29) is 6.04 Å². The summed E-state index contributed by atoms with van der Waals surface area (Å²) in [6.45, 7) is 2.57. The smallest absolute Gasteiger partial charge is 0.115 e. The molecule has 0 unspecified atom stereocenters. The van der Waals surface area contributed by atoms with Gasteiger partial charge in [-0.2, -0.15) is 5.26 Å². The highest BCUT2D eigenvalue weighted by molar-refractivity contribution is 7.10. The fraction of sp³-hybridized carbons (Fsp3) is 0.438. The van der Waals surface area contributed by atoms with Gasteiger partial charge >= 0.3 is 0 Å². The van der Waals surface area contributed by atoms with Gasteiger partial charge in [0.05, 0.1) is 5.56 Å². The molecule has 23 heavy (non-hydrogen) atoms. The lowest BCUT2D eigenvalue weighted by Gasteiger charge is -2.24. The summed E-state index contributed by atoms with van der Waals surface area (Å²) in [5.74, 6) is 0. The van der Waals surface area contributed by atoms with Crippen LogP contribution < -0.4 is 5.32 Å². The lowest BCUT2D eigenvalue weighted by atomic mass is 10.2. The molecular weight excluding hydrogens is 313 g/mol. The second-order valence-corrected chi connectivity index (χ2v) is 6.70. The Morgan fingerprint density at radius 3 is 3.00 bits per heavy atom. The summed E-state index contributed by atoms with van der Waals surface area (Å²) in [5, 5.41) is 14.1. The number of alkyl halides is 1. The lowest BCUT2D eigenvalue weighted by molar-refractivity contribution is 0.229. The maximum absolute atomic E-state index is 13.8. The zero-order valence-electron chi connectivity index (χ0n) is 12.7. The van der Waals surface area contributed by atoms with Crippen LogP contribution in [0.2, 0.25) is 0 Å². The standard InChI is InChI=1S/C16H18FN5S/c17-14-2-15(6-19-7-16-1-12(3-18)10-23-16)22(9-14)8-13-4-20-11-21-5-13/h1,4-5,10-11,14-15,19H,2,6-9H2/t14-,15-/m0/s1. The van der Waals surface area contributed by atoms with E-state index in [2.05, 4.69) is 26.3 Å². The molecule has 5 nitrogen and oxygen atoms in total. The molecule has 3 heterocycles. The van der Waals surface area contributed by atoms with Gasteiger partial charge in [0.1, 0.15) is 18.6 Å². The largest absolute Gasteiger partial charge is 0.310 e. The van der Waals surface area contributed by atoms with Crippen LogP contribution in [0, 0.1) is 11.3 Å². The minimum atomic E-state index is -0.779. The van der Waals surface area contributed by atoms with Gasteiger partial charge in [-0.25, -0.2) is 14.4 Å². The second-order valence-electron chi connectivity index (χ2n) is 5.71. The van der Waals surface area contributed by atoms with E-state index in [4.69, 9.17) is 5.26 Å². The van der Waals surface area contributed by atoms with Crippen molar-refractivity contribution in [1.82, 2.24) is 20.2 Å². The quantitative estimate of drug-likeness (QED) is 0.878. The first-order valence-corrected chi connectivity index (χ1v) is 8.43. The molecule has 2 atom stereocenters. The monoisotopic (exact) mass is 331 g/mol. The highest BCUT2D eigenvalue weighted by Crippen LogP contribution is 2.22. The molecule has 1 N–H and O–H groups in total. The number of likely N-dealkylation sites (tertiary alicyclic amines) is 1. The van der Waals surface area contributed by atoms with Crippen LogP contribution in [-0.2, 0) is 13.1 Å². The maximum atomic E-state index is 13.8. The topological polar surface area (TPSA) is 64.8 Å². The molecule has 0 amide bonds. The first kappa shape index (κ1) is 16.0. The van der Waals surface area contributed by atoms with Crippen molar-refractivity contribution in [2.24, 2.45) is 0 Å². The average molecular weight is 331 g/mol. The zero-order chi connectivity index (χ0) is 16.1. The van der Waals surface area contributed by atoms with Crippen LogP contribution >= 0.6 is 11.3 Å². The molecule has 1 saturated heterocycles. The van der Waals surface area contributed by atoms with Gasteiger partial charge in [-0.1, -0.05) is 0 Å². The molecule has 0 saturated carbocycles. The molecule has 3 rings (SSSR count). The van der Waals surface area contributed by atoms with Crippen LogP contribution in [0.4, 0.5) is 4.39 Å². The molecular formula is C16H18FN5S. The molecule has 0 spiro atoms. The molecule has 0 bridgehead atoms. The Morgan fingerprint density at radius 1 is 1.43 bits per heavy atom. The fourth-order valence-corrected chi connectivity index (χ4v) is 3.65. The predicted molar refractivity (Wildman–Crippen MR) is 86.5 cm³/mol.